The predicted molar refractivity (Wildman–Crippen MR) is 143 cm³/mol. The summed E-state index contributed by atoms with van der Waals surface area (Å²) >= 11 is 1.48. The van der Waals surface area contributed by atoms with E-state index < -0.39 is 0 Å². The Hall–Kier alpha value is -3.05. The highest BCUT2D eigenvalue weighted by Gasteiger charge is 2.39. The van der Waals surface area contributed by atoms with Crippen LogP contribution in [0.25, 0.3) is 16.8 Å². The summed E-state index contributed by atoms with van der Waals surface area (Å²) < 4.78 is 6.16. The van der Waals surface area contributed by atoms with Crippen LogP contribution in [-0.2, 0) is 4.79 Å². The normalized spacial score (nSPS) is 19.6. The van der Waals surface area contributed by atoms with Gasteiger partial charge in [0.05, 0.1) is 16.7 Å². The summed E-state index contributed by atoms with van der Waals surface area (Å²) in [5.74, 6) is 0.849. The molecule has 3 aromatic rings. The number of nitrogens with zero attached hydrogens (tertiary/aromatic N) is 2. The van der Waals surface area contributed by atoms with Crippen molar-refractivity contribution >= 4 is 45.4 Å². The zero-order valence-electron chi connectivity index (χ0n) is 19.7. The number of aliphatic imine (C=N–C) groups is 1. The van der Waals surface area contributed by atoms with Gasteiger partial charge in [-0.1, -0.05) is 67.8 Å². The molecular weight excluding hydrogens is 440 g/mol. The number of amidine groups is 1. The molecule has 1 aliphatic carbocycles. The first-order valence-electron chi connectivity index (χ1n) is 12.2. The maximum atomic E-state index is 13.8. The van der Waals surface area contributed by atoms with E-state index >= 15 is 0 Å². The fourth-order valence-electron chi connectivity index (χ4n) is 4.75. The molecule has 0 atom stereocenters. The van der Waals surface area contributed by atoms with Crippen LogP contribution in [0.3, 0.4) is 0 Å². The second kappa shape index (κ2) is 10.1. The predicted octanol–water partition coefficient (Wildman–Crippen LogP) is 7.56. The Kier molecular flexibility index (Phi) is 6.73. The van der Waals surface area contributed by atoms with Crippen molar-refractivity contribution in [2.24, 2.45) is 4.99 Å². The van der Waals surface area contributed by atoms with Crippen LogP contribution in [0.1, 0.15) is 51.5 Å². The summed E-state index contributed by atoms with van der Waals surface area (Å²) in [7, 11) is 0. The number of thioether (sulfide) groups is 1. The summed E-state index contributed by atoms with van der Waals surface area (Å²) in [6.45, 7) is 4.05. The molecular formula is C29H30N2O2S. The number of hydrogen-bond donors (Lipinski definition) is 0. The van der Waals surface area contributed by atoms with Gasteiger partial charge in [0.25, 0.3) is 5.91 Å². The number of ether oxygens (including phenoxy) is 1. The van der Waals surface area contributed by atoms with E-state index in [9.17, 15) is 4.79 Å². The lowest BCUT2D eigenvalue weighted by atomic mass is 9.94. The average molecular weight is 471 g/mol. The molecule has 0 radical (unpaired) electrons. The number of hydrogen-bond acceptors (Lipinski definition) is 4. The molecule has 0 unspecified atom stereocenters. The van der Waals surface area contributed by atoms with E-state index in [1.54, 1.807) is 0 Å². The number of amides is 1. The van der Waals surface area contributed by atoms with Gasteiger partial charge in [0.15, 0.2) is 5.17 Å². The number of rotatable bonds is 5. The third kappa shape index (κ3) is 4.76. The van der Waals surface area contributed by atoms with Crippen molar-refractivity contribution in [1.29, 1.82) is 0 Å². The van der Waals surface area contributed by atoms with E-state index in [2.05, 4.69) is 18.2 Å². The zero-order valence-corrected chi connectivity index (χ0v) is 20.6. The highest BCUT2D eigenvalue weighted by Crippen LogP contribution is 2.40. The summed E-state index contributed by atoms with van der Waals surface area (Å²) in [6.07, 6.45) is 7.67. The van der Waals surface area contributed by atoms with Crippen molar-refractivity contribution in [3.8, 4) is 5.75 Å². The third-order valence-electron chi connectivity index (χ3n) is 6.33. The molecule has 2 fully saturated rings. The largest absolute Gasteiger partial charge is 0.490 e. The van der Waals surface area contributed by atoms with Crippen molar-refractivity contribution in [2.75, 3.05) is 0 Å². The molecule has 5 rings (SSSR count). The first-order chi connectivity index (χ1) is 16.6. The first kappa shape index (κ1) is 22.7. The maximum absolute atomic E-state index is 13.8. The van der Waals surface area contributed by atoms with Crippen LogP contribution in [0.2, 0.25) is 0 Å². The Balaban J connectivity index is 1.60. The number of benzene rings is 3. The van der Waals surface area contributed by atoms with Gasteiger partial charge < -0.3 is 4.74 Å². The Labute approximate surface area is 205 Å². The van der Waals surface area contributed by atoms with Crippen LogP contribution in [0.15, 0.2) is 76.6 Å². The Morgan fingerprint density at radius 3 is 2.47 bits per heavy atom. The van der Waals surface area contributed by atoms with Crippen molar-refractivity contribution < 1.29 is 9.53 Å². The number of carbonyl (C=O) groups excluding carboxylic acids is 1. The van der Waals surface area contributed by atoms with Gasteiger partial charge in [-0.15, -0.1) is 0 Å². The molecule has 1 amide bonds. The number of para-hydroxylation sites is 1. The molecule has 5 heteroatoms. The van der Waals surface area contributed by atoms with Gasteiger partial charge in [0, 0.05) is 11.6 Å². The molecule has 34 heavy (non-hydrogen) atoms. The van der Waals surface area contributed by atoms with Crippen LogP contribution >= 0.6 is 11.8 Å². The van der Waals surface area contributed by atoms with E-state index in [1.165, 1.54) is 18.2 Å². The van der Waals surface area contributed by atoms with Crippen LogP contribution in [0.5, 0.6) is 5.75 Å². The first-order valence-corrected chi connectivity index (χ1v) is 13.0. The maximum Gasteiger partial charge on any atom is 0.267 e. The van der Waals surface area contributed by atoms with Crippen molar-refractivity contribution in [1.82, 2.24) is 4.90 Å². The Morgan fingerprint density at radius 2 is 1.71 bits per heavy atom. The lowest BCUT2D eigenvalue weighted by Crippen LogP contribution is -2.40. The van der Waals surface area contributed by atoms with Gasteiger partial charge in [-0.05, 0) is 73.5 Å². The van der Waals surface area contributed by atoms with Gasteiger partial charge in [-0.3, -0.25) is 9.69 Å². The third-order valence-corrected chi connectivity index (χ3v) is 7.31. The Bertz CT molecular complexity index is 1240. The van der Waals surface area contributed by atoms with Crippen molar-refractivity contribution in [3.63, 3.8) is 0 Å². The van der Waals surface area contributed by atoms with Gasteiger partial charge >= 0.3 is 0 Å². The lowest BCUT2D eigenvalue weighted by Gasteiger charge is -2.30. The Morgan fingerprint density at radius 1 is 0.971 bits per heavy atom. The molecule has 4 nitrogen and oxygen atoms in total. The molecule has 0 N–H and O–H groups in total. The molecule has 0 aromatic heterocycles. The minimum absolute atomic E-state index is 0.0409. The highest BCUT2D eigenvalue weighted by atomic mass is 32.2. The molecule has 1 saturated carbocycles. The summed E-state index contributed by atoms with van der Waals surface area (Å²) in [5, 5.41) is 2.99. The zero-order chi connectivity index (χ0) is 23.5. The molecule has 1 aliphatic heterocycles. The summed E-state index contributed by atoms with van der Waals surface area (Å²) in [4.78, 5) is 21.4. The number of fused-ring (bicyclic) bond motifs is 1. The molecule has 0 bridgehead atoms. The van der Waals surface area contributed by atoms with Crippen molar-refractivity contribution in [3.05, 3.63) is 77.2 Å². The van der Waals surface area contributed by atoms with E-state index in [4.69, 9.17) is 9.73 Å². The van der Waals surface area contributed by atoms with E-state index in [1.807, 2.05) is 73.4 Å². The number of carbonyl (C=O) groups is 1. The van der Waals surface area contributed by atoms with Gasteiger partial charge in [-0.2, -0.15) is 0 Å². The standard InChI is InChI=1S/C29H30N2O2S/c1-20(2)33-26-18-17-21-11-9-10-16-24(21)25(26)19-27-28(32)31(23-14-7-4-8-15-23)29(34-27)30-22-12-5-3-6-13-22/h3,5-6,9-13,16-20,23H,4,7-8,14-15H2,1-2H3. The molecule has 2 aliphatic rings. The van der Waals surface area contributed by atoms with Crippen LogP contribution in [0, 0.1) is 0 Å². The summed E-state index contributed by atoms with van der Waals surface area (Å²) in [6, 6.07) is 22.5. The van der Waals surface area contributed by atoms with E-state index in [0.717, 1.165) is 58.6 Å². The quantitative estimate of drug-likeness (QED) is 0.361. The second-order valence-electron chi connectivity index (χ2n) is 9.17. The SMILES string of the molecule is CC(C)Oc1ccc2ccccc2c1C=C1SC(=Nc2ccccc2)N(C2CCCCC2)C1=O. The topological polar surface area (TPSA) is 41.9 Å². The molecule has 3 aromatic carbocycles. The summed E-state index contributed by atoms with van der Waals surface area (Å²) in [5.41, 5.74) is 1.82. The minimum Gasteiger partial charge on any atom is -0.490 e. The van der Waals surface area contributed by atoms with Crippen molar-refractivity contribution in [2.45, 2.75) is 58.1 Å². The molecule has 174 valence electrons. The molecule has 1 heterocycles. The van der Waals surface area contributed by atoms with Crippen LogP contribution in [0.4, 0.5) is 5.69 Å². The van der Waals surface area contributed by atoms with Gasteiger partial charge in [-0.25, -0.2) is 4.99 Å². The minimum atomic E-state index is 0.0409. The van der Waals surface area contributed by atoms with E-state index in [0.29, 0.717) is 4.91 Å². The smallest absolute Gasteiger partial charge is 0.267 e. The lowest BCUT2D eigenvalue weighted by molar-refractivity contribution is -0.124. The fraction of sp³-hybridized carbons (Fsp3) is 0.310. The highest BCUT2D eigenvalue weighted by molar-refractivity contribution is 8.18. The van der Waals surface area contributed by atoms with Crippen LogP contribution < -0.4 is 4.74 Å². The van der Waals surface area contributed by atoms with Gasteiger partial charge in [0.2, 0.25) is 0 Å². The fourth-order valence-corrected chi connectivity index (χ4v) is 5.79. The van der Waals surface area contributed by atoms with E-state index in [-0.39, 0.29) is 18.1 Å². The molecule has 0 spiro atoms. The molecule has 1 saturated heterocycles. The monoisotopic (exact) mass is 470 g/mol. The van der Waals surface area contributed by atoms with Gasteiger partial charge in [0.1, 0.15) is 5.75 Å². The second-order valence-corrected chi connectivity index (χ2v) is 10.2. The van der Waals surface area contributed by atoms with Crippen LogP contribution in [-0.4, -0.2) is 28.1 Å². The average Bonchev–Trinajstić information content (AvgIpc) is 3.15.